The molecule has 0 N–H and O–H groups in total. The van der Waals surface area contributed by atoms with Crippen LogP contribution in [0, 0.1) is 5.92 Å². The number of hydrogen-bond acceptors (Lipinski definition) is 2. The van der Waals surface area contributed by atoms with Gasteiger partial charge in [-0.05, 0) is 80.8 Å². The van der Waals surface area contributed by atoms with Gasteiger partial charge in [0.15, 0.2) is 0 Å². The number of piperidine rings is 1. The molecule has 0 spiro atoms. The zero-order valence-corrected chi connectivity index (χ0v) is 19.4. The van der Waals surface area contributed by atoms with E-state index in [2.05, 4.69) is 74.2 Å². The lowest BCUT2D eigenvalue weighted by molar-refractivity contribution is 0.0292. The maximum Gasteiger partial charge on any atom is 0.119 e. The summed E-state index contributed by atoms with van der Waals surface area (Å²) in [4.78, 5) is 2.83. The van der Waals surface area contributed by atoms with Gasteiger partial charge in [0.2, 0.25) is 0 Å². The second-order valence-corrected chi connectivity index (χ2v) is 9.41. The van der Waals surface area contributed by atoms with Crippen molar-refractivity contribution in [3.63, 3.8) is 0 Å². The molecule has 0 aliphatic carbocycles. The molecule has 0 radical (unpaired) electrons. The van der Waals surface area contributed by atoms with Gasteiger partial charge in [-0.15, -0.1) is 0 Å². The molecule has 1 atom stereocenters. The molecule has 1 unspecified atom stereocenters. The van der Waals surface area contributed by atoms with Crippen LogP contribution in [0.3, 0.4) is 0 Å². The Morgan fingerprint density at radius 1 is 0.967 bits per heavy atom. The Balaban J connectivity index is 1.76. The van der Waals surface area contributed by atoms with Crippen LogP contribution in [-0.4, -0.2) is 18.0 Å². The summed E-state index contributed by atoms with van der Waals surface area (Å²) in [5.41, 5.74) is 2.91. The van der Waals surface area contributed by atoms with E-state index in [1.54, 1.807) is 0 Å². The molecule has 0 amide bonds. The SMILES string of the molecule is CCCCCN1CCCCC1(CCC(C)C)c1ccc(OCc2ccccc2)cc1. The van der Waals surface area contributed by atoms with E-state index in [4.69, 9.17) is 4.74 Å². The van der Waals surface area contributed by atoms with Crippen LogP contribution in [0.25, 0.3) is 0 Å². The molecular formula is C28H41NO. The quantitative estimate of drug-likeness (QED) is 0.356. The lowest BCUT2D eigenvalue weighted by Crippen LogP contribution is -2.50. The highest BCUT2D eigenvalue weighted by atomic mass is 16.5. The first-order chi connectivity index (χ1) is 14.6. The van der Waals surface area contributed by atoms with Gasteiger partial charge in [0.05, 0.1) is 0 Å². The van der Waals surface area contributed by atoms with Crippen molar-refractivity contribution in [3.05, 3.63) is 65.7 Å². The number of likely N-dealkylation sites (tertiary alicyclic amines) is 1. The summed E-state index contributed by atoms with van der Waals surface area (Å²) in [6.07, 6.45) is 10.5. The predicted molar refractivity (Wildman–Crippen MR) is 128 cm³/mol. The molecule has 1 heterocycles. The molecule has 2 aromatic carbocycles. The number of unbranched alkanes of at least 4 members (excludes halogenated alkanes) is 2. The van der Waals surface area contributed by atoms with Gasteiger partial charge < -0.3 is 4.74 Å². The fourth-order valence-electron chi connectivity index (χ4n) is 4.85. The van der Waals surface area contributed by atoms with Crippen LogP contribution in [0.4, 0.5) is 0 Å². The van der Waals surface area contributed by atoms with Crippen molar-refractivity contribution in [2.45, 2.75) is 84.3 Å². The van der Waals surface area contributed by atoms with Crippen LogP contribution in [0.15, 0.2) is 54.6 Å². The monoisotopic (exact) mass is 407 g/mol. The fraction of sp³-hybridized carbons (Fsp3) is 0.571. The highest BCUT2D eigenvalue weighted by molar-refractivity contribution is 5.33. The predicted octanol–water partition coefficient (Wildman–Crippen LogP) is 7.57. The minimum Gasteiger partial charge on any atom is -0.489 e. The summed E-state index contributed by atoms with van der Waals surface area (Å²) in [5, 5.41) is 0. The first-order valence-electron chi connectivity index (χ1n) is 12.2. The van der Waals surface area contributed by atoms with Crippen molar-refractivity contribution in [2.24, 2.45) is 5.92 Å². The zero-order chi connectivity index (χ0) is 21.2. The molecule has 0 saturated carbocycles. The molecule has 2 nitrogen and oxygen atoms in total. The highest BCUT2D eigenvalue weighted by Gasteiger charge is 2.39. The third kappa shape index (κ3) is 6.11. The molecule has 3 rings (SSSR count). The van der Waals surface area contributed by atoms with Crippen LogP contribution >= 0.6 is 0 Å². The minimum absolute atomic E-state index is 0.203. The van der Waals surface area contributed by atoms with E-state index in [0.717, 1.165) is 11.7 Å². The van der Waals surface area contributed by atoms with Crippen LogP contribution in [-0.2, 0) is 12.1 Å². The first kappa shape index (κ1) is 22.9. The Hall–Kier alpha value is -1.80. The van der Waals surface area contributed by atoms with E-state index in [0.29, 0.717) is 6.61 Å². The topological polar surface area (TPSA) is 12.5 Å². The molecule has 1 aliphatic heterocycles. The molecular weight excluding hydrogens is 366 g/mol. The molecule has 2 aromatic rings. The molecule has 2 heteroatoms. The largest absolute Gasteiger partial charge is 0.489 e. The third-order valence-corrected chi connectivity index (χ3v) is 6.68. The van der Waals surface area contributed by atoms with Crippen molar-refractivity contribution in [1.29, 1.82) is 0 Å². The number of nitrogens with zero attached hydrogens (tertiary/aromatic N) is 1. The number of rotatable bonds is 11. The van der Waals surface area contributed by atoms with Crippen molar-refractivity contribution in [3.8, 4) is 5.75 Å². The van der Waals surface area contributed by atoms with Crippen LogP contribution in [0.5, 0.6) is 5.75 Å². The van der Waals surface area contributed by atoms with E-state index in [-0.39, 0.29) is 5.54 Å². The molecule has 1 saturated heterocycles. The van der Waals surface area contributed by atoms with Gasteiger partial charge in [-0.1, -0.05) is 76.1 Å². The smallest absolute Gasteiger partial charge is 0.119 e. The van der Waals surface area contributed by atoms with E-state index in [1.165, 1.54) is 75.6 Å². The van der Waals surface area contributed by atoms with E-state index >= 15 is 0 Å². The molecule has 0 bridgehead atoms. The van der Waals surface area contributed by atoms with Crippen molar-refractivity contribution >= 4 is 0 Å². The van der Waals surface area contributed by atoms with Crippen molar-refractivity contribution in [1.82, 2.24) is 4.90 Å². The summed E-state index contributed by atoms with van der Waals surface area (Å²) in [7, 11) is 0. The van der Waals surface area contributed by atoms with Crippen LogP contribution in [0.2, 0.25) is 0 Å². The average molecular weight is 408 g/mol. The van der Waals surface area contributed by atoms with Gasteiger partial charge in [0, 0.05) is 5.54 Å². The third-order valence-electron chi connectivity index (χ3n) is 6.68. The van der Waals surface area contributed by atoms with Crippen LogP contribution < -0.4 is 4.74 Å². The standard InChI is InChI=1S/C28H41NO/c1-4-5-10-21-29-22-11-9-19-28(29,20-18-24(2)3)26-14-16-27(17-15-26)30-23-25-12-7-6-8-13-25/h6-8,12-17,24H,4-5,9-11,18-23H2,1-3H3. The van der Waals surface area contributed by atoms with Gasteiger partial charge in [-0.2, -0.15) is 0 Å². The summed E-state index contributed by atoms with van der Waals surface area (Å²) < 4.78 is 6.06. The van der Waals surface area contributed by atoms with E-state index < -0.39 is 0 Å². The summed E-state index contributed by atoms with van der Waals surface area (Å²) >= 11 is 0. The Morgan fingerprint density at radius 2 is 1.73 bits per heavy atom. The van der Waals surface area contributed by atoms with E-state index in [1.807, 2.05) is 6.07 Å². The summed E-state index contributed by atoms with van der Waals surface area (Å²) in [6.45, 7) is 10.1. The summed E-state index contributed by atoms with van der Waals surface area (Å²) in [5.74, 6) is 1.71. The Labute approximate surface area is 184 Å². The van der Waals surface area contributed by atoms with Gasteiger partial charge >= 0.3 is 0 Å². The van der Waals surface area contributed by atoms with Gasteiger partial charge in [0.1, 0.15) is 12.4 Å². The number of hydrogen-bond donors (Lipinski definition) is 0. The highest BCUT2D eigenvalue weighted by Crippen LogP contribution is 2.43. The maximum absolute atomic E-state index is 6.06. The zero-order valence-electron chi connectivity index (χ0n) is 19.4. The van der Waals surface area contributed by atoms with Gasteiger partial charge in [-0.3, -0.25) is 4.90 Å². The fourth-order valence-corrected chi connectivity index (χ4v) is 4.85. The van der Waals surface area contributed by atoms with Crippen molar-refractivity contribution < 1.29 is 4.74 Å². The lowest BCUT2D eigenvalue weighted by atomic mass is 9.75. The normalized spacial score (nSPS) is 19.9. The molecule has 30 heavy (non-hydrogen) atoms. The molecule has 164 valence electrons. The van der Waals surface area contributed by atoms with Crippen molar-refractivity contribution in [2.75, 3.05) is 13.1 Å². The molecule has 1 fully saturated rings. The van der Waals surface area contributed by atoms with Gasteiger partial charge in [-0.25, -0.2) is 0 Å². The average Bonchev–Trinajstić information content (AvgIpc) is 2.78. The van der Waals surface area contributed by atoms with E-state index in [9.17, 15) is 0 Å². The minimum atomic E-state index is 0.203. The Bertz CT molecular complexity index is 724. The first-order valence-corrected chi connectivity index (χ1v) is 12.2. The Morgan fingerprint density at radius 3 is 2.43 bits per heavy atom. The number of ether oxygens (including phenoxy) is 1. The maximum atomic E-state index is 6.06. The molecule has 0 aromatic heterocycles. The summed E-state index contributed by atoms with van der Waals surface area (Å²) in [6, 6.07) is 19.5. The number of benzene rings is 2. The Kier molecular flexibility index (Phi) is 8.81. The second kappa shape index (κ2) is 11.6. The molecule has 1 aliphatic rings. The second-order valence-electron chi connectivity index (χ2n) is 9.41. The lowest BCUT2D eigenvalue weighted by Gasteiger charge is -2.48. The van der Waals surface area contributed by atoms with Crippen LogP contribution in [0.1, 0.15) is 83.3 Å². The van der Waals surface area contributed by atoms with Gasteiger partial charge in [0.25, 0.3) is 0 Å².